The predicted molar refractivity (Wildman–Crippen MR) is 106 cm³/mol. The Labute approximate surface area is 159 Å². The molecule has 0 bridgehead atoms. The van der Waals surface area contributed by atoms with Crippen LogP contribution in [0.1, 0.15) is 24.8 Å². The summed E-state index contributed by atoms with van der Waals surface area (Å²) >= 11 is 6.39. The van der Waals surface area contributed by atoms with Gasteiger partial charge in [-0.1, -0.05) is 41.9 Å². The number of halogens is 1. The second-order valence-electron chi connectivity index (χ2n) is 7.39. The summed E-state index contributed by atoms with van der Waals surface area (Å²) in [7, 11) is 0. The summed E-state index contributed by atoms with van der Waals surface area (Å²) < 4.78 is 0. The van der Waals surface area contributed by atoms with Gasteiger partial charge in [0.05, 0.1) is 10.7 Å². The molecule has 0 aromatic heterocycles. The van der Waals surface area contributed by atoms with Crippen molar-refractivity contribution in [2.75, 3.05) is 23.7 Å². The molecule has 4 nitrogen and oxygen atoms in total. The van der Waals surface area contributed by atoms with Crippen LogP contribution in [0.15, 0.2) is 48.5 Å². The van der Waals surface area contributed by atoms with Crippen molar-refractivity contribution in [2.45, 2.75) is 25.8 Å². The number of carbonyl (C=O) groups excluding carboxylic acids is 1. The molecule has 1 saturated heterocycles. The van der Waals surface area contributed by atoms with Gasteiger partial charge in [-0.05, 0) is 61.5 Å². The Balaban J connectivity index is 1.35. The van der Waals surface area contributed by atoms with Gasteiger partial charge in [-0.15, -0.1) is 0 Å². The maximum atomic E-state index is 12.6. The van der Waals surface area contributed by atoms with E-state index in [-0.39, 0.29) is 17.2 Å². The quantitative estimate of drug-likeness (QED) is 0.737. The Morgan fingerprint density at radius 3 is 2.65 bits per heavy atom. The molecule has 1 heterocycles. The fourth-order valence-corrected chi connectivity index (χ4v) is 4.20. The summed E-state index contributed by atoms with van der Waals surface area (Å²) in [6.45, 7) is 2.76. The Bertz CT molecular complexity index is 787. The highest BCUT2D eigenvalue weighted by Gasteiger charge is 2.57. The third-order valence-corrected chi connectivity index (χ3v) is 5.98. The van der Waals surface area contributed by atoms with Crippen LogP contribution in [0.3, 0.4) is 0 Å². The molecule has 1 unspecified atom stereocenters. The molecule has 26 heavy (non-hydrogen) atoms. The lowest BCUT2D eigenvalue weighted by Crippen LogP contribution is -2.31. The van der Waals surface area contributed by atoms with E-state index in [0.717, 1.165) is 43.7 Å². The molecule has 2 aromatic rings. The van der Waals surface area contributed by atoms with Crippen molar-refractivity contribution in [1.29, 1.82) is 0 Å². The average molecular weight is 370 g/mol. The van der Waals surface area contributed by atoms with Gasteiger partial charge in [0, 0.05) is 18.2 Å². The van der Waals surface area contributed by atoms with Crippen LogP contribution in [0.4, 0.5) is 11.4 Å². The highest BCUT2D eigenvalue weighted by molar-refractivity contribution is 6.33. The normalized spacial score (nSPS) is 20.6. The van der Waals surface area contributed by atoms with Crippen LogP contribution < -0.4 is 16.0 Å². The summed E-state index contributed by atoms with van der Waals surface area (Å²) in [5, 5.41) is 10.4. The van der Waals surface area contributed by atoms with E-state index in [9.17, 15) is 4.79 Å². The number of hydrogen-bond donors (Lipinski definition) is 3. The third-order valence-electron chi connectivity index (χ3n) is 5.67. The van der Waals surface area contributed by atoms with Gasteiger partial charge >= 0.3 is 0 Å². The number of rotatable bonds is 5. The van der Waals surface area contributed by atoms with Gasteiger partial charge in [0.1, 0.15) is 0 Å². The Hall–Kier alpha value is -2.04. The first-order valence-electron chi connectivity index (χ1n) is 9.25. The second kappa shape index (κ2) is 7.29. The number of benzene rings is 2. The molecule has 1 saturated carbocycles. The fraction of sp³-hybridized carbons (Fsp3) is 0.381. The topological polar surface area (TPSA) is 53.2 Å². The average Bonchev–Trinajstić information content (AvgIpc) is 3.35. The van der Waals surface area contributed by atoms with E-state index in [1.807, 2.05) is 36.4 Å². The van der Waals surface area contributed by atoms with E-state index in [1.54, 1.807) is 0 Å². The minimum Gasteiger partial charge on any atom is -0.380 e. The number of hydrogen-bond acceptors (Lipinski definition) is 3. The summed E-state index contributed by atoms with van der Waals surface area (Å²) in [6, 6.07) is 15.8. The first-order valence-corrected chi connectivity index (χ1v) is 9.63. The van der Waals surface area contributed by atoms with E-state index in [4.69, 9.17) is 11.6 Å². The minimum absolute atomic E-state index is 0.132. The molecule has 1 atom stereocenters. The van der Waals surface area contributed by atoms with Crippen molar-refractivity contribution in [1.82, 2.24) is 5.32 Å². The lowest BCUT2D eigenvalue weighted by molar-refractivity contribution is -0.118. The zero-order valence-electron chi connectivity index (χ0n) is 14.7. The molecule has 2 aromatic carbocycles. The number of carbonyl (C=O) groups is 1. The zero-order chi connectivity index (χ0) is 18.0. The van der Waals surface area contributed by atoms with Crippen LogP contribution >= 0.6 is 11.6 Å². The Morgan fingerprint density at radius 1 is 1.15 bits per heavy atom. The van der Waals surface area contributed by atoms with Gasteiger partial charge in [0.15, 0.2) is 0 Å². The van der Waals surface area contributed by atoms with E-state index in [2.05, 4.69) is 28.1 Å². The molecule has 5 heteroatoms. The van der Waals surface area contributed by atoms with Crippen molar-refractivity contribution >= 4 is 28.9 Å². The molecule has 1 amide bonds. The molecule has 4 rings (SSSR count). The van der Waals surface area contributed by atoms with Gasteiger partial charge in [-0.2, -0.15) is 0 Å². The largest absolute Gasteiger partial charge is 0.380 e. The first kappa shape index (κ1) is 17.4. The van der Waals surface area contributed by atoms with Crippen LogP contribution in [0, 0.1) is 11.3 Å². The number of nitrogens with one attached hydrogen (secondary N) is 3. The Morgan fingerprint density at radius 2 is 1.92 bits per heavy atom. The van der Waals surface area contributed by atoms with Crippen LogP contribution in [0.5, 0.6) is 0 Å². The van der Waals surface area contributed by atoms with Gasteiger partial charge < -0.3 is 16.0 Å². The molecule has 1 spiro atoms. The van der Waals surface area contributed by atoms with Gasteiger partial charge in [0.25, 0.3) is 0 Å². The molecular formula is C21H24ClN3O. The van der Waals surface area contributed by atoms with Crippen LogP contribution in [0.2, 0.25) is 5.02 Å². The van der Waals surface area contributed by atoms with Crippen molar-refractivity contribution in [3.05, 3.63) is 59.1 Å². The van der Waals surface area contributed by atoms with E-state index < -0.39 is 0 Å². The number of piperidine rings is 1. The first-order chi connectivity index (χ1) is 12.7. The molecular weight excluding hydrogens is 346 g/mol. The monoisotopic (exact) mass is 369 g/mol. The van der Waals surface area contributed by atoms with Gasteiger partial charge in [0.2, 0.25) is 5.91 Å². The van der Waals surface area contributed by atoms with Gasteiger partial charge in [-0.3, -0.25) is 4.79 Å². The molecule has 3 N–H and O–H groups in total. The molecule has 1 aliphatic heterocycles. The lowest BCUT2D eigenvalue weighted by Gasteiger charge is -2.23. The summed E-state index contributed by atoms with van der Waals surface area (Å²) in [4.78, 5) is 12.6. The van der Waals surface area contributed by atoms with E-state index in [0.29, 0.717) is 11.6 Å². The second-order valence-corrected chi connectivity index (χ2v) is 7.80. The molecule has 2 fully saturated rings. The standard InChI is InChI=1S/C21H24ClN3O/c22-18-12-16(6-7-19(18)24-14-15-4-2-1-3-5-15)25-20(26)17-13-21(17)8-10-23-11-9-21/h1-7,12,17,23-24H,8-11,13-14H2,(H,25,26). The van der Waals surface area contributed by atoms with Crippen molar-refractivity contribution < 1.29 is 4.79 Å². The minimum atomic E-state index is 0.132. The molecule has 1 aliphatic carbocycles. The number of anilines is 2. The summed E-state index contributed by atoms with van der Waals surface area (Å²) in [5.74, 6) is 0.284. The summed E-state index contributed by atoms with van der Waals surface area (Å²) in [5.41, 5.74) is 3.08. The van der Waals surface area contributed by atoms with Crippen LogP contribution in [0.25, 0.3) is 0 Å². The third kappa shape index (κ3) is 3.71. The van der Waals surface area contributed by atoms with Crippen molar-refractivity contribution in [2.24, 2.45) is 11.3 Å². The van der Waals surface area contributed by atoms with E-state index in [1.165, 1.54) is 5.56 Å². The van der Waals surface area contributed by atoms with Crippen molar-refractivity contribution in [3.8, 4) is 0 Å². The predicted octanol–water partition coefficient (Wildman–Crippen LogP) is 4.28. The maximum Gasteiger partial charge on any atom is 0.228 e. The maximum absolute atomic E-state index is 12.6. The van der Waals surface area contributed by atoms with E-state index >= 15 is 0 Å². The number of amides is 1. The zero-order valence-corrected chi connectivity index (χ0v) is 15.5. The van der Waals surface area contributed by atoms with Gasteiger partial charge in [-0.25, -0.2) is 0 Å². The highest BCUT2D eigenvalue weighted by Crippen LogP contribution is 2.58. The van der Waals surface area contributed by atoms with Crippen molar-refractivity contribution in [3.63, 3.8) is 0 Å². The van der Waals surface area contributed by atoms with Crippen LogP contribution in [-0.4, -0.2) is 19.0 Å². The molecule has 0 radical (unpaired) electrons. The highest BCUT2D eigenvalue weighted by atomic mass is 35.5. The Kier molecular flexibility index (Phi) is 4.88. The SMILES string of the molecule is O=C(Nc1ccc(NCc2ccccc2)c(Cl)c1)C1CC12CCNCC2. The van der Waals surface area contributed by atoms with Crippen LogP contribution in [-0.2, 0) is 11.3 Å². The lowest BCUT2D eigenvalue weighted by atomic mass is 9.92. The summed E-state index contributed by atoms with van der Waals surface area (Å²) in [6.07, 6.45) is 3.23. The molecule has 136 valence electrons. The fourth-order valence-electron chi connectivity index (χ4n) is 3.95. The smallest absolute Gasteiger partial charge is 0.228 e. The molecule has 2 aliphatic rings.